The van der Waals surface area contributed by atoms with E-state index in [2.05, 4.69) is 15.3 Å². The second-order valence-corrected chi connectivity index (χ2v) is 7.09. The van der Waals surface area contributed by atoms with Crippen LogP contribution in [0.15, 0.2) is 30.3 Å². The molecule has 9 heteroatoms. The Hall–Kier alpha value is -2.71. The van der Waals surface area contributed by atoms with E-state index in [4.69, 9.17) is 0 Å². The van der Waals surface area contributed by atoms with Crippen LogP contribution in [-0.2, 0) is 11.2 Å². The van der Waals surface area contributed by atoms with E-state index in [1.807, 2.05) is 17.9 Å². The number of amides is 1. The first-order chi connectivity index (χ1) is 13.7. The van der Waals surface area contributed by atoms with Crippen molar-refractivity contribution in [2.45, 2.75) is 44.8 Å². The lowest BCUT2D eigenvalue weighted by Gasteiger charge is -2.40. The SMILES string of the molecule is CCc1cc(N2CCC(c3ccc(F)cc3)C(NC(=O)C(F)(F)F)C2)nc(C)n1. The molecular formula is C20H22F4N4O. The molecule has 0 saturated carbocycles. The maximum absolute atomic E-state index is 13.3. The molecule has 1 aliphatic heterocycles. The Bertz CT molecular complexity index is 870. The fourth-order valence-corrected chi connectivity index (χ4v) is 3.62. The van der Waals surface area contributed by atoms with E-state index in [0.29, 0.717) is 36.6 Å². The van der Waals surface area contributed by atoms with Crippen LogP contribution in [0.1, 0.15) is 36.3 Å². The number of carbonyl (C=O) groups excluding carboxylic acids is 1. The summed E-state index contributed by atoms with van der Waals surface area (Å²) in [7, 11) is 0. The van der Waals surface area contributed by atoms with Gasteiger partial charge in [0.1, 0.15) is 17.5 Å². The van der Waals surface area contributed by atoms with Crippen LogP contribution in [0.4, 0.5) is 23.4 Å². The summed E-state index contributed by atoms with van der Waals surface area (Å²) >= 11 is 0. The average Bonchev–Trinajstić information content (AvgIpc) is 2.67. The Morgan fingerprint density at radius 2 is 1.93 bits per heavy atom. The number of aryl methyl sites for hydroxylation is 2. The van der Waals surface area contributed by atoms with Crippen LogP contribution in [0.25, 0.3) is 0 Å². The number of benzene rings is 1. The number of rotatable bonds is 4. The minimum atomic E-state index is -4.98. The van der Waals surface area contributed by atoms with Crippen LogP contribution in [0.2, 0.25) is 0 Å². The number of anilines is 1. The van der Waals surface area contributed by atoms with Gasteiger partial charge in [0, 0.05) is 30.8 Å². The molecule has 5 nitrogen and oxygen atoms in total. The van der Waals surface area contributed by atoms with Crippen molar-refractivity contribution in [1.29, 1.82) is 0 Å². The van der Waals surface area contributed by atoms with Crippen molar-refractivity contribution in [3.05, 3.63) is 53.2 Å². The zero-order chi connectivity index (χ0) is 21.2. The number of hydrogen-bond acceptors (Lipinski definition) is 4. The van der Waals surface area contributed by atoms with Crippen molar-refractivity contribution in [3.63, 3.8) is 0 Å². The molecule has 2 aromatic rings. The zero-order valence-corrected chi connectivity index (χ0v) is 16.1. The Balaban J connectivity index is 1.88. The molecule has 1 saturated heterocycles. The number of halogens is 4. The smallest absolute Gasteiger partial charge is 0.354 e. The zero-order valence-electron chi connectivity index (χ0n) is 16.1. The summed E-state index contributed by atoms with van der Waals surface area (Å²) < 4.78 is 51.9. The largest absolute Gasteiger partial charge is 0.471 e. The fraction of sp³-hybridized carbons (Fsp3) is 0.450. The number of piperidine rings is 1. The fourth-order valence-electron chi connectivity index (χ4n) is 3.62. The summed E-state index contributed by atoms with van der Waals surface area (Å²) in [4.78, 5) is 22.2. The topological polar surface area (TPSA) is 58.1 Å². The van der Waals surface area contributed by atoms with E-state index in [1.54, 1.807) is 19.1 Å². The lowest BCUT2D eigenvalue weighted by Crippen LogP contribution is -2.54. The lowest BCUT2D eigenvalue weighted by molar-refractivity contribution is -0.174. The van der Waals surface area contributed by atoms with Crippen LogP contribution in [-0.4, -0.2) is 41.2 Å². The molecular weight excluding hydrogens is 388 g/mol. The average molecular weight is 410 g/mol. The van der Waals surface area contributed by atoms with Crippen molar-refractivity contribution in [1.82, 2.24) is 15.3 Å². The summed E-state index contributed by atoms with van der Waals surface area (Å²) in [6, 6.07) is 6.65. The standard InChI is InChI=1S/C20H22F4N4O/c1-3-15-10-18(26-12(2)25-15)28-9-8-16(13-4-6-14(21)7-5-13)17(11-28)27-19(29)20(22,23)24/h4-7,10,16-17H,3,8-9,11H2,1-2H3,(H,27,29). The maximum Gasteiger partial charge on any atom is 0.471 e. The summed E-state index contributed by atoms with van der Waals surface area (Å²) in [5, 5.41) is 2.12. The highest BCUT2D eigenvalue weighted by molar-refractivity contribution is 5.82. The van der Waals surface area contributed by atoms with Gasteiger partial charge in [0.2, 0.25) is 0 Å². The third kappa shape index (κ3) is 5.02. The van der Waals surface area contributed by atoms with Gasteiger partial charge in [-0.05, 0) is 37.5 Å². The highest BCUT2D eigenvalue weighted by atomic mass is 19.4. The normalized spacial score (nSPS) is 19.9. The molecule has 29 heavy (non-hydrogen) atoms. The minimum absolute atomic E-state index is 0.156. The Morgan fingerprint density at radius 1 is 1.24 bits per heavy atom. The van der Waals surface area contributed by atoms with E-state index in [9.17, 15) is 22.4 Å². The lowest BCUT2D eigenvalue weighted by atomic mass is 9.85. The number of nitrogens with one attached hydrogen (secondary N) is 1. The molecule has 2 heterocycles. The number of hydrogen-bond donors (Lipinski definition) is 1. The van der Waals surface area contributed by atoms with Crippen LogP contribution in [0.3, 0.4) is 0 Å². The predicted octanol–water partition coefficient (Wildman–Crippen LogP) is 3.53. The molecule has 1 N–H and O–H groups in total. The van der Waals surface area contributed by atoms with E-state index < -0.39 is 23.9 Å². The molecule has 1 amide bonds. The van der Waals surface area contributed by atoms with Crippen molar-refractivity contribution < 1.29 is 22.4 Å². The third-order valence-electron chi connectivity index (χ3n) is 5.05. The van der Waals surface area contributed by atoms with Gasteiger partial charge in [-0.25, -0.2) is 14.4 Å². The van der Waals surface area contributed by atoms with Gasteiger partial charge in [0.15, 0.2) is 0 Å². The molecule has 3 rings (SSSR count). The first-order valence-corrected chi connectivity index (χ1v) is 9.40. The Labute approximate surface area is 166 Å². The number of carbonyl (C=O) groups is 1. The van der Waals surface area contributed by atoms with E-state index in [1.165, 1.54) is 12.1 Å². The van der Waals surface area contributed by atoms with Gasteiger partial charge >= 0.3 is 12.1 Å². The third-order valence-corrected chi connectivity index (χ3v) is 5.05. The van der Waals surface area contributed by atoms with Gasteiger partial charge in [-0.3, -0.25) is 4.79 Å². The molecule has 0 aliphatic carbocycles. The Kier molecular flexibility index (Phi) is 6.04. The van der Waals surface area contributed by atoms with Gasteiger partial charge in [-0.1, -0.05) is 19.1 Å². The van der Waals surface area contributed by atoms with Crippen molar-refractivity contribution in [2.75, 3.05) is 18.0 Å². The highest BCUT2D eigenvalue weighted by Gasteiger charge is 2.42. The van der Waals surface area contributed by atoms with Crippen LogP contribution < -0.4 is 10.2 Å². The van der Waals surface area contributed by atoms with Gasteiger partial charge in [0.25, 0.3) is 0 Å². The molecule has 2 atom stereocenters. The first-order valence-electron chi connectivity index (χ1n) is 9.40. The predicted molar refractivity (Wildman–Crippen MR) is 100 cm³/mol. The molecule has 1 aliphatic rings. The Morgan fingerprint density at radius 3 is 2.55 bits per heavy atom. The summed E-state index contributed by atoms with van der Waals surface area (Å²) in [6.07, 6.45) is -3.79. The van der Waals surface area contributed by atoms with Crippen LogP contribution in [0.5, 0.6) is 0 Å². The van der Waals surface area contributed by atoms with Gasteiger partial charge in [-0.2, -0.15) is 13.2 Å². The molecule has 1 fully saturated rings. The van der Waals surface area contributed by atoms with Crippen LogP contribution >= 0.6 is 0 Å². The molecule has 0 radical (unpaired) electrons. The van der Waals surface area contributed by atoms with Gasteiger partial charge in [-0.15, -0.1) is 0 Å². The van der Waals surface area contributed by atoms with Crippen molar-refractivity contribution in [3.8, 4) is 0 Å². The summed E-state index contributed by atoms with van der Waals surface area (Å²) in [6.45, 7) is 4.42. The van der Waals surface area contributed by atoms with Crippen LogP contribution in [0, 0.1) is 12.7 Å². The van der Waals surface area contributed by atoms with Gasteiger partial charge < -0.3 is 10.2 Å². The van der Waals surface area contributed by atoms with Crippen molar-refractivity contribution in [2.24, 2.45) is 0 Å². The van der Waals surface area contributed by atoms with E-state index in [0.717, 1.165) is 5.69 Å². The maximum atomic E-state index is 13.3. The highest BCUT2D eigenvalue weighted by Crippen LogP contribution is 2.31. The monoisotopic (exact) mass is 410 g/mol. The minimum Gasteiger partial charge on any atom is -0.354 e. The number of nitrogens with zero attached hydrogens (tertiary/aromatic N) is 3. The molecule has 0 spiro atoms. The molecule has 1 aromatic carbocycles. The number of alkyl halides is 3. The molecule has 2 unspecified atom stereocenters. The molecule has 0 bridgehead atoms. The van der Waals surface area contributed by atoms with Gasteiger partial charge in [0.05, 0.1) is 6.04 Å². The molecule has 156 valence electrons. The number of aromatic nitrogens is 2. The molecule has 1 aromatic heterocycles. The van der Waals surface area contributed by atoms with E-state index in [-0.39, 0.29) is 12.5 Å². The first kappa shape index (κ1) is 21.0. The second kappa shape index (κ2) is 8.34. The summed E-state index contributed by atoms with van der Waals surface area (Å²) in [5.41, 5.74) is 1.52. The second-order valence-electron chi connectivity index (χ2n) is 7.09. The quantitative estimate of drug-likeness (QED) is 0.784. The van der Waals surface area contributed by atoms with Crippen molar-refractivity contribution >= 4 is 11.7 Å². The van der Waals surface area contributed by atoms with E-state index >= 15 is 0 Å². The summed E-state index contributed by atoms with van der Waals surface area (Å²) in [5.74, 6) is -1.57.